The highest BCUT2D eigenvalue weighted by molar-refractivity contribution is 7.91. The summed E-state index contributed by atoms with van der Waals surface area (Å²) in [6.07, 6.45) is 0. The van der Waals surface area contributed by atoms with Crippen LogP contribution in [0.25, 0.3) is 0 Å². The number of fused-ring (bicyclic) bond motifs is 1. The van der Waals surface area contributed by atoms with E-state index in [0.717, 1.165) is 5.56 Å². The van der Waals surface area contributed by atoms with Crippen molar-refractivity contribution in [3.8, 4) is 5.75 Å². The van der Waals surface area contributed by atoms with E-state index < -0.39 is 15.6 Å². The van der Waals surface area contributed by atoms with Crippen molar-refractivity contribution in [3.63, 3.8) is 0 Å². The number of anilines is 1. The van der Waals surface area contributed by atoms with Crippen molar-refractivity contribution in [1.82, 2.24) is 5.32 Å². The fourth-order valence-electron chi connectivity index (χ4n) is 2.90. The average Bonchev–Trinajstić information content (AvgIpc) is 2.71. The van der Waals surface area contributed by atoms with Crippen molar-refractivity contribution >= 4 is 27.6 Å². The normalized spacial score (nSPS) is 14.7. The fraction of sp³-hybridized carbons (Fsp3) is 0.333. The SMILES string of the molecule is CC(C)(COc1cccc2c1C(N)=NS(=O)(=O)N2)C(=O)NCCOCc1ccccc1. The summed E-state index contributed by atoms with van der Waals surface area (Å²) >= 11 is 0. The van der Waals surface area contributed by atoms with Crippen molar-refractivity contribution in [2.75, 3.05) is 24.5 Å². The van der Waals surface area contributed by atoms with Crippen LogP contribution >= 0.6 is 0 Å². The molecule has 2 aromatic carbocycles. The lowest BCUT2D eigenvalue weighted by Gasteiger charge is -2.25. The summed E-state index contributed by atoms with van der Waals surface area (Å²) in [6, 6.07) is 14.6. The quantitative estimate of drug-likeness (QED) is 0.503. The largest absolute Gasteiger partial charge is 0.492 e. The van der Waals surface area contributed by atoms with Crippen molar-refractivity contribution in [1.29, 1.82) is 0 Å². The van der Waals surface area contributed by atoms with Crippen LogP contribution in [0.4, 0.5) is 5.69 Å². The monoisotopic (exact) mass is 446 g/mol. The maximum Gasteiger partial charge on any atom is 0.344 e. The summed E-state index contributed by atoms with van der Waals surface area (Å²) in [7, 11) is -3.87. The second kappa shape index (κ2) is 9.36. The smallest absolute Gasteiger partial charge is 0.344 e. The van der Waals surface area contributed by atoms with Gasteiger partial charge in [-0.15, -0.1) is 4.40 Å². The minimum absolute atomic E-state index is 0.0557. The van der Waals surface area contributed by atoms with E-state index >= 15 is 0 Å². The van der Waals surface area contributed by atoms with Gasteiger partial charge in [0.2, 0.25) is 5.91 Å². The number of ether oxygens (including phenoxy) is 2. The fourth-order valence-corrected chi connectivity index (χ4v) is 3.75. The molecule has 0 atom stereocenters. The Hall–Kier alpha value is -3.11. The average molecular weight is 447 g/mol. The lowest BCUT2D eigenvalue weighted by molar-refractivity contribution is -0.131. The van der Waals surface area contributed by atoms with E-state index in [-0.39, 0.29) is 24.0 Å². The lowest BCUT2D eigenvalue weighted by Crippen LogP contribution is -2.42. The molecular formula is C21H26N4O5S. The maximum absolute atomic E-state index is 12.6. The molecule has 9 nitrogen and oxygen atoms in total. The van der Waals surface area contributed by atoms with Crippen LogP contribution in [-0.4, -0.2) is 39.9 Å². The molecule has 0 bridgehead atoms. The van der Waals surface area contributed by atoms with Crippen LogP contribution in [0.15, 0.2) is 52.9 Å². The number of benzene rings is 2. The molecule has 1 amide bonds. The van der Waals surface area contributed by atoms with Gasteiger partial charge in [0.05, 0.1) is 29.9 Å². The summed E-state index contributed by atoms with van der Waals surface area (Å²) in [5.41, 5.74) is 6.67. The minimum atomic E-state index is -3.87. The summed E-state index contributed by atoms with van der Waals surface area (Å²) in [6.45, 7) is 4.80. The van der Waals surface area contributed by atoms with Gasteiger partial charge in [0.15, 0.2) is 5.84 Å². The van der Waals surface area contributed by atoms with Gasteiger partial charge >= 0.3 is 10.2 Å². The van der Waals surface area contributed by atoms with Gasteiger partial charge in [0.25, 0.3) is 0 Å². The molecule has 1 aliphatic rings. The third kappa shape index (κ3) is 5.96. The molecule has 0 aliphatic carbocycles. The molecule has 10 heteroatoms. The second-order valence-electron chi connectivity index (χ2n) is 7.70. The highest BCUT2D eigenvalue weighted by Crippen LogP contribution is 2.31. The van der Waals surface area contributed by atoms with Crippen LogP contribution in [0, 0.1) is 5.41 Å². The first-order chi connectivity index (χ1) is 14.7. The second-order valence-corrected chi connectivity index (χ2v) is 9.04. The standard InChI is InChI=1S/C21H26N4O5S/c1-21(2,20(26)23-11-12-29-13-15-7-4-3-5-8-15)14-30-17-10-6-9-16-18(17)19(22)25-31(27,28)24-16/h3-10,24H,11-14H2,1-2H3,(H2,22,25)(H,23,26). The van der Waals surface area contributed by atoms with E-state index in [1.165, 1.54) is 0 Å². The maximum atomic E-state index is 12.6. The molecule has 0 unspecified atom stereocenters. The van der Waals surface area contributed by atoms with Gasteiger partial charge < -0.3 is 20.5 Å². The summed E-state index contributed by atoms with van der Waals surface area (Å²) in [5.74, 6) is -0.0154. The molecule has 0 radical (unpaired) electrons. The molecule has 0 spiro atoms. The van der Waals surface area contributed by atoms with Crippen molar-refractivity contribution < 1.29 is 22.7 Å². The summed E-state index contributed by atoms with van der Waals surface area (Å²) < 4.78 is 40.5. The molecule has 0 fully saturated rings. The molecule has 0 aromatic heterocycles. The predicted molar refractivity (Wildman–Crippen MR) is 118 cm³/mol. The van der Waals surface area contributed by atoms with Gasteiger partial charge in [0, 0.05) is 6.54 Å². The minimum Gasteiger partial charge on any atom is -0.492 e. The number of nitrogens with two attached hydrogens (primary N) is 1. The van der Waals surface area contributed by atoms with Crippen LogP contribution in [0.2, 0.25) is 0 Å². The van der Waals surface area contributed by atoms with Gasteiger partial charge in [0.1, 0.15) is 12.4 Å². The molecule has 0 saturated carbocycles. The Morgan fingerprint density at radius 1 is 1.16 bits per heavy atom. The number of amidine groups is 1. The number of carbonyl (C=O) groups excluding carboxylic acids is 1. The van der Waals surface area contributed by atoms with Crippen molar-refractivity contribution in [2.45, 2.75) is 20.5 Å². The molecule has 4 N–H and O–H groups in total. The Morgan fingerprint density at radius 3 is 2.65 bits per heavy atom. The molecule has 0 saturated heterocycles. The van der Waals surface area contributed by atoms with Gasteiger partial charge in [-0.25, -0.2) is 0 Å². The number of nitrogens with zero attached hydrogens (tertiary/aromatic N) is 1. The van der Waals surface area contributed by atoms with Gasteiger partial charge in [-0.2, -0.15) is 8.42 Å². The van der Waals surface area contributed by atoms with E-state index in [4.69, 9.17) is 15.2 Å². The Balaban J connectivity index is 1.51. The summed E-state index contributed by atoms with van der Waals surface area (Å²) in [4.78, 5) is 12.6. The van der Waals surface area contributed by atoms with Crippen molar-refractivity contribution in [3.05, 3.63) is 59.7 Å². The number of amides is 1. The van der Waals surface area contributed by atoms with Crippen LogP contribution in [-0.2, 0) is 26.3 Å². The van der Waals surface area contributed by atoms with Gasteiger partial charge in [-0.1, -0.05) is 36.4 Å². The van der Waals surface area contributed by atoms with E-state index in [1.807, 2.05) is 30.3 Å². The highest BCUT2D eigenvalue weighted by Gasteiger charge is 2.30. The zero-order valence-corrected chi connectivity index (χ0v) is 18.2. The first-order valence-corrected chi connectivity index (χ1v) is 11.2. The van der Waals surface area contributed by atoms with E-state index in [9.17, 15) is 13.2 Å². The Morgan fingerprint density at radius 2 is 1.90 bits per heavy atom. The number of hydrogen-bond donors (Lipinski definition) is 3. The van der Waals surface area contributed by atoms with Crippen LogP contribution in [0.1, 0.15) is 25.0 Å². The molecule has 2 aromatic rings. The van der Waals surface area contributed by atoms with E-state index in [1.54, 1.807) is 32.0 Å². The first-order valence-electron chi connectivity index (χ1n) is 9.72. The number of hydrogen-bond acceptors (Lipinski definition) is 6. The van der Waals surface area contributed by atoms with Crippen LogP contribution in [0.3, 0.4) is 0 Å². The van der Waals surface area contributed by atoms with Gasteiger partial charge in [-0.05, 0) is 31.5 Å². The van der Waals surface area contributed by atoms with Crippen LogP contribution < -0.4 is 20.5 Å². The third-order valence-electron chi connectivity index (χ3n) is 4.59. The van der Waals surface area contributed by atoms with Gasteiger partial charge in [-0.3, -0.25) is 9.52 Å². The number of carbonyl (C=O) groups is 1. The zero-order valence-electron chi connectivity index (χ0n) is 17.4. The molecule has 166 valence electrons. The topological polar surface area (TPSA) is 132 Å². The van der Waals surface area contributed by atoms with Crippen LogP contribution in [0.5, 0.6) is 5.75 Å². The van der Waals surface area contributed by atoms with E-state index in [2.05, 4.69) is 14.4 Å². The molecule has 1 heterocycles. The Bertz CT molecular complexity index is 1070. The molecule has 3 rings (SSSR count). The lowest BCUT2D eigenvalue weighted by atomic mass is 9.93. The Kier molecular flexibility index (Phi) is 6.81. The zero-order chi connectivity index (χ0) is 22.5. The van der Waals surface area contributed by atoms with Crippen molar-refractivity contribution in [2.24, 2.45) is 15.5 Å². The number of rotatable bonds is 9. The molecule has 31 heavy (non-hydrogen) atoms. The predicted octanol–water partition coefficient (Wildman–Crippen LogP) is 1.80. The summed E-state index contributed by atoms with van der Waals surface area (Å²) in [5, 5.41) is 2.84. The molecular weight excluding hydrogens is 420 g/mol. The van der Waals surface area contributed by atoms with E-state index in [0.29, 0.717) is 31.1 Å². The highest BCUT2D eigenvalue weighted by atomic mass is 32.2. The molecule has 1 aliphatic heterocycles. The third-order valence-corrected chi connectivity index (χ3v) is 5.50. The Labute approximate surface area is 181 Å². The number of nitrogens with one attached hydrogen (secondary N) is 2. The first kappa shape index (κ1) is 22.6.